The van der Waals surface area contributed by atoms with Gasteiger partial charge in [0, 0.05) is 25.9 Å². The molecule has 0 aliphatic carbocycles. The molecule has 1 N–H and O–H groups in total. The molecule has 5 heteroatoms. The molecule has 0 radical (unpaired) electrons. The summed E-state index contributed by atoms with van der Waals surface area (Å²) in [5.74, 6) is -0.574. The standard InChI is InChI=1S/C20H20N2O3/c1-25-14-8-13-22-19(23)17(15-9-4-2-5-10-15)18(20(22)24)21-16-11-6-3-7-12-16/h2-7,9-12,21H,8,13-14H2,1H3. The molecule has 2 amide bonds. The van der Waals surface area contributed by atoms with E-state index in [1.54, 1.807) is 7.11 Å². The second-order valence-electron chi connectivity index (χ2n) is 5.72. The first kappa shape index (κ1) is 16.9. The first-order valence-electron chi connectivity index (χ1n) is 8.19. The van der Waals surface area contributed by atoms with Crippen LogP contribution in [0.4, 0.5) is 5.69 Å². The van der Waals surface area contributed by atoms with Crippen molar-refractivity contribution in [3.05, 3.63) is 71.9 Å². The number of methoxy groups -OCH3 is 1. The Balaban J connectivity index is 1.96. The van der Waals surface area contributed by atoms with Crippen molar-refractivity contribution in [2.24, 2.45) is 0 Å². The molecular formula is C20H20N2O3. The summed E-state index contributed by atoms with van der Waals surface area (Å²) >= 11 is 0. The lowest BCUT2D eigenvalue weighted by Crippen LogP contribution is -2.33. The van der Waals surface area contributed by atoms with Gasteiger partial charge < -0.3 is 10.1 Å². The Morgan fingerprint density at radius 1 is 0.920 bits per heavy atom. The number of anilines is 1. The lowest BCUT2D eigenvalue weighted by Gasteiger charge is -2.14. The molecule has 1 heterocycles. The fourth-order valence-corrected chi connectivity index (χ4v) is 2.80. The van der Waals surface area contributed by atoms with Gasteiger partial charge in [-0.2, -0.15) is 0 Å². The van der Waals surface area contributed by atoms with Gasteiger partial charge in [0.25, 0.3) is 11.8 Å². The van der Waals surface area contributed by atoms with Gasteiger partial charge in [-0.1, -0.05) is 48.5 Å². The number of benzene rings is 2. The second kappa shape index (κ2) is 7.77. The SMILES string of the molecule is COCCCN1C(=O)C(Nc2ccccc2)=C(c2ccccc2)C1=O. The minimum Gasteiger partial charge on any atom is -0.385 e. The Hall–Kier alpha value is -2.92. The predicted molar refractivity (Wildman–Crippen MR) is 96.6 cm³/mol. The zero-order valence-electron chi connectivity index (χ0n) is 14.1. The van der Waals surface area contributed by atoms with E-state index in [2.05, 4.69) is 5.32 Å². The third kappa shape index (κ3) is 3.61. The van der Waals surface area contributed by atoms with Gasteiger partial charge in [0.15, 0.2) is 0 Å². The van der Waals surface area contributed by atoms with Crippen LogP contribution < -0.4 is 5.32 Å². The van der Waals surface area contributed by atoms with E-state index in [0.29, 0.717) is 30.8 Å². The number of amides is 2. The van der Waals surface area contributed by atoms with Crippen LogP contribution in [-0.4, -0.2) is 37.0 Å². The maximum Gasteiger partial charge on any atom is 0.278 e. The van der Waals surface area contributed by atoms with Crippen molar-refractivity contribution in [1.29, 1.82) is 0 Å². The second-order valence-corrected chi connectivity index (χ2v) is 5.72. The van der Waals surface area contributed by atoms with Crippen molar-refractivity contribution in [2.45, 2.75) is 6.42 Å². The summed E-state index contributed by atoms with van der Waals surface area (Å²) in [6, 6.07) is 18.6. The van der Waals surface area contributed by atoms with E-state index >= 15 is 0 Å². The van der Waals surface area contributed by atoms with Crippen molar-refractivity contribution in [2.75, 3.05) is 25.6 Å². The van der Waals surface area contributed by atoms with Gasteiger partial charge in [0.05, 0.1) is 5.57 Å². The Morgan fingerprint density at radius 2 is 1.56 bits per heavy atom. The Bertz CT molecular complexity index is 785. The van der Waals surface area contributed by atoms with Gasteiger partial charge in [0.1, 0.15) is 5.70 Å². The number of nitrogens with one attached hydrogen (secondary N) is 1. The van der Waals surface area contributed by atoms with E-state index in [9.17, 15) is 9.59 Å². The Labute approximate surface area is 146 Å². The maximum absolute atomic E-state index is 12.9. The minimum absolute atomic E-state index is 0.272. The topological polar surface area (TPSA) is 58.6 Å². The molecule has 0 unspecified atom stereocenters. The van der Waals surface area contributed by atoms with Gasteiger partial charge in [-0.25, -0.2) is 0 Å². The molecule has 0 bridgehead atoms. The monoisotopic (exact) mass is 336 g/mol. The Morgan fingerprint density at radius 3 is 2.20 bits per heavy atom. The molecule has 2 aromatic rings. The minimum atomic E-state index is -0.302. The summed E-state index contributed by atoms with van der Waals surface area (Å²) in [5.41, 5.74) is 2.23. The maximum atomic E-state index is 12.9. The van der Waals surface area contributed by atoms with Crippen molar-refractivity contribution in [3.8, 4) is 0 Å². The number of imide groups is 1. The molecule has 0 aromatic heterocycles. The summed E-state index contributed by atoms with van der Waals surface area (Å²) in [6.07, 6.45) is 0.606. The molecule has 5 nitrogen and oxygen atoms in total. The fourth-order valence-electron chi connectivity index (χ4n) is 2.80. The van der Waals surface area contributed by atoms with Gasteiger partial charge in [-0.05, 0) is 24.1 Å². The molecule has 0 saturated carbocycles. The third-order valence-corrected chi connectivity index (χ3v) is 4.00. The van der Waals surface area contributed by atoms with Crippen molar-refractivity contribution in [3.63, 3.8) is 0 Å². The molecule has 2 aromatic carbocycles. The van der Waals surface area contributed by atoms with Crippen LogP contribution in [0, 0.1) is 0 Å². The molecule has 0 atom stereocenters. The van der Waals surface area contributed by atoms with E-state index in [1.807, 2.05) is 60.7 Å². The van der Waals surface area contributed by atoms with Crippen LogP contribution in [-0.2, 0) is 14.3 Å². The number of ether oxygens (including phenoxy) is 1. The average Bonchev–Trinajstić information content (AvgIpc) is 2.88. The highest BCUT2D eigenvalue weighted by atomic mass is 16.5. The number of rotatable bonds is 7. The summed E-state index contributed by atoms with van der Waals surface area (Å²) < 4.78 is 5.03. The van der Waals surface area contributed by atoms with E-state index in [4.69, 9.17) is 4.74 Å². The molecule has 0 saturated heterocycles. The number of carbonyl (C=O) groups excluding carboxylic acids is 2. The Kier molecular flexibility index (Phi) is 5.26. The van der Waals surface area contributed by atoms with Crippen LogP contribution >= 0.6 is 0 Å². The molecule has 1 aliphatic rings. The van der Waals surface area contributed by atoms with Crippen molar-refractivity contribution >= 4 is 23.1 Å². The molecule has 1 aliphatic heterocycles. The van der Waals surface area contributed by atoms with Gasteiger partial charge >= 0.3 is 0 Å². The van der Waals surface area contributed by atoms with Gasteiger partial charge in [0.2, 0.25) is 0 Å². The van der Waals surface area contributed by atoms with Crippen LogP contribution in [0.1, 0.15) is 12.0 Å². The number of carbonyl (C=O) groups is 2. The van der Waals surface area contributed by atoms with Crippen molar-refractivity contribution < 1.29 is 14.3 Å². The number of hydrogen-bond donors (Lipinski definition) is 1. The highest BCUT2D eigenvalue weighted by molar-refractivity contribution is 6.36. The van der Waals surface area contributed by atoms with E-state index in [0.717, 1.165) is 11.3 Å². The van der Waals surface area contributed by atoms with E-state index < -0.39 is 0 Å². The van der Waals surface area contributed by atoms with E-state index in [1.165, 1.54) is 4.90 Å². The fraction of sp³-hybridized carbons (Fsp3) is 0.200. The summed E-state index contributed by atoms with van der Waals surface area (Å²) in [7, 11) is 1.60. The first-order chi connectivity index (χ1) is 12.2. The highest BCUT2D eigenvalue weighted by Crippen LogP contribution is 2.30. The van der Waals surface area contributed by atoms with Gasteiger partial charge in [-0.15, -0.1) is 0 Å². The molecular weight excluding hydrogens is 316 g/mol. The molecule has 25 heavy (non-hydrogen) atoms. The largest absolute Gasteiger partial charge is 0.385 e. The summed E-state index contributed by atoms with van der Waals surface area (Å²) in [5, 5.41) is 3.13. The lowest BCUT2D eigenvalue weighted by atomic mass is 10.0. The van der Waals surface area contributed by atoms with Crippen molar-refractivity contribution in [1.82, 2.24) is 4.90 Å². The average molecular weight is 336 g/mol. The molecule has 128 valence electrons. The predicted octanol–water partition coefficient (Wildman–Crippen LogP) is 2.92. The quantitative estimate of drug-likeness (QED) is 0.624. The zero-order valence-corrected chi connectivity index (χ0v) is 14.1. The number of nitrogens with zero attached hydrogens (tertiary/aromatic N) is 1. The normalized spacial score (nSPS) is 14.4. The van der Waals surface area contributed by atoms with Crippen LogP contribution in [0.5, 0.6) is 0 Å². The first-order valence-corrected chi connectivity index (χ1v) is 8.19. The molecule has 0 fully saturated rings. The van der Waals surface area contributed by atoms with E-state index in [-0.39, 0.29) is 11.8 Å². The van der Waals surface area contributed by atoms with Crippen LogP contribution in [0.25, 0.3) is 5.57 Å². The van der Waals surface area contributed by atoms with Crippen LogP contribution in [0.15, 0.2) is 66.4 Å². The molecule has 3 rings (SSSR count). The summed E-state index contributed by atoms with van der Waals surface area (Å²) in [6.45, 7) is 0.834. The van der Waals surface area contributed by atoms with Gasteiger partial charge in [-0.3, -0.25) is 14.5 Å². The van der Waals surface area contributed by atoms with Crippen LogP contribution in [0.3, 0.4) is 0 Å². The summed E-state index contributed by atoms with van der Waals surface area (Å²) in [4.78, 5) is 27.0. The smallest absolute Gasteiger partial charge is 0.278 e. The zero-order chi connectivity index (χ0) is 17.6. The molecule has 0 spiro atoms. The number of para-hydroxylation sites is 1. The number of hydrogen-bond acceptors (Lipinski definition) is 4. The highest BCUT2D eigenvalue weighted by Gasteiger charge is 2.38. The third-order valence-electron chi connectivity index (χ3n) is 4.00. The van der Waals surface area contributed by atoms with Crippen LogP contribution in [0.2, 0.25) is 0 Å². The lowest BCUT2D eigenvalue weighted by molar-refractivity contribution is -0.136.